The van der Waals surface area contributed by atoms with E-state index in [1.165, 1.54) is 6.07 Å². The molecule has 0 bridgehead atoms. The predicted molar refractivity (Wildman–Crippen MR) is 109 cm³/mol. The molecule has 4 rings (SSSR count). The number of fused-ring (bicyclic) bond motifs is 1. The van der Waals surface area contributed by atoms with Crippen molar-refractivity contribution < 1.29 is 9.18 Å². The second-order valence-corrected chi connectivity index (χ2v) is 7.27. The van der Waals surface area contributed by atoms with Gasteiger partial charge in [-0.3, -0.25) is 4.79 Å². The van der Waals surface area contributed by atoms with Crippen LogP contribution >= 0.6 is 11.6 Å². The van der Waals surface area contributed by atoms with Gasteiger partial charge in [0.25, 0.3) is 0 Å². The zero-order valence-corrected chi connectivity index (χ0v) is 16.7. The Labute approximate surface area is 171 Å². The Bertz CT molecular complexity index is 1080. The number of aromatic nitrogens is 4. The lowest BCUT2D eigenvalue weighted by Gasteiger charge is -2.28. The molecule has 1 aliphatic rings. The Balaban J connectivity index is 1.45. The van der Waals surface area contributed by atoms with Crippen LogP contribution in [0.3, 0.4) is 0 Å². The van der Waals surface area contributed by atoms with Crippen LogP contribution in [0, 0.1) is 12.7 Å². The quantitative estimate of drug-likeness (QED) is 0.666. The summed E-state index contributed by atoms with van der Waals surface area (Å²) >= 11 is 5.82. The molecule has 2 N–H and O–H groups in total. The number of likely N-dealkylation sites (N-methyl/N-ethyl adjacent to an activating group) is 1. The van der Waals surface area contributed by atoms with E-state index in [-0.39, 0.29) is 17.5 Å². The van der Waals surface area contributed by atoms with Crippen LogP contribution in [-0.2, 0) is 17.9 Å². The summed E-state index contributed by atoms with van der Waals surface area (Å²) in [6.07, 6.45) is 1.74. The monoisotopic (exact) mass is 415 g/mol. The Morgan fingerprint density at radius 1 is 1.38 bits per heavy atom. The number of nitrogens with one attached hydrogen (secondary N) is 2. The summed E-state index contributed by atoms with van der Waals surface area (Å²) < 4.78 is 15.6. The minimum absolute atomic E-state index is 0.0571. The maximum Gasteiger partial charge on any atom is 0.243 e. The largest absolute Gasteiger partial charge is 0.364 e. The number of carbonyl (C=O) groups is 1. The highest BCUT2D eigenvalue weighted by Gasteiger charge is 2.22. The number of carbonyl (C=O) groups excluding carboxylic acids is 1. The predicted octanol–water partition coefficient (Wildman–Crippen LogP) is 2.82. The first-order chi connectivity index (χ1) is 13.9. The Hall–Kier alpha value is -3.20. The fourth-order valence-corrected chi connectivity index (χ4v) is 3.40. The Morgan fingerprint density at radius 2 is 2.21 bits per heavy atom. The van der Waals surface area contributed by atoms with Gasteiger partial charge < -0.3 is 15.5 Å². The number of rotatable bonds is 5. The number of hydrogen-bond acceptors (Lipinski definition) is 6. The summed E-state index contributed by atoms with van der Waals surface area (Å²) in [6.45, 7) is 2.78. The lowest BCUT2D eigenvalue weighted by molar-refractivity contribution is -0.115. The van der Waals surface area contributed by atoms with Crippen molar-refractivity contribution in [2.24, 2.45) is 0 Å². The molecule has 0 atom stereocenters. The first-order valence-electron chi connectivity index (χ1n) is 8.99. The van der Waals surface area contributed by atoms with Crippen LogP contribution < -0.4 is 15.5 Å². The Morgan fingerprint density at radius 3 is 3.03 bits per heavy atom. The van der Waals surface area contributed by atoms with Gasteiger partial charge >= 0.3 is 0 Å². The molecule has 3 aromatic rings. The SMILES string of the molecule is Cc1nc(NCc2cn(Cc3cccc(Cl)c3F)nn2)cc2c1NC(=O)CN2C. The van der Waals surface area contributed by atoms with Crippen molar-refractivity contribution in [1.29, 1.82) is 0 Å². The second-order valence-electron chi connectivity index (χ2n) is 6.87. The number of amides is 1. The van der Waals surface area contributed by atoms with Gasteiger partial charge in [0, 0.05) is 18.7 Å². The number of aryl methyl sites for hydroxylation is 1. The molecule has 0 saturated carbocycles. The molecular weight excluding hydrogens is 397 g/mol. The fourth-order valence-electron chi connectivity index (χ4n) is 3.20. The lowest BCUT2D eigenvalue weighted by Crippen LogP contribution is -2.36. The van der Waals surface area contributed by atoms with Gasteiger partial charge in [0.15, 0.2) is 0 Å². The second kappa shape index (κ2) is 7.67. The molecule has 1 aromatic carbocycles. The third kappa shape index (κ3) is 4.00. The highest BCUT2D eigenvalue weighted by atomic mass is 35.5. The molecule has 0 unspecified atom stereocenters. The highest BCUT2D eigenvalue weighted by molar-refractivity contribution is 6.30. The Kier molecular flexibility index (Phi) is 5.06. The van der Waals surface area contributed by atoms with E-state index in [1.54, 1.807) is 23.0 Å². The number of nitrogens with zero attached hydrogens (tertiary/aromatic N) is 5. The fraction of sp³-hybridized carbons (Fsp3) is 0.263. The number of halogens is 2. The molecule has 0 radical (unpaired) electrons. The van der Waals surface area contributed by atoms with Crippen molar-refractivity contribution in [3.05, 3.63) is 58.3 Å². The van der Waals surface area contributed by atoms with Gasteiger partial charge in [-0.25, -0.2) is 14.1 Å². The molecule has 0 spiro atoms. The van der Waals surface area contributed by atoms with Crippen LogP contribution in [0.2, 0.25) is 5.02 Å². The molecule has 10 heteroatoms. The lowest BCUT2D eigenvalue weighted by atomic mass is 10.2. The maximum atomic E-state index is 14.1. The van der Waals surface area contributed by atoms with Crippen molar-refractivity contribution in [3.8, 4) is 0 Å². The minimum atomic E-state index is -0.450. The van der Waals surface area contributed by atoms with Crippen molar-refractivity contribution in [1.82, 2.24) is 20.0 Å². The summed E-state index contributed by atoms with van der Waals surface area (Å²) in [4.78, 5) is 18.1. The molecule has 1 amide bonds. The number of hydrogen-bond donors (Lipinski definition) is 2. The first kappa shape index (κ1) is 19.1. The van der Waals surface area contributed by atoms with E-state index in [9.17, 15) is 9.18 Å². The maximum absolute atomic E-state index is 14.1. The smallest absolute Gasteiger partial charge is 0.243 e. The van der Waals surface area contributed by atoms with E-state index < -0.39 is 5.82 Å². The van der Waals surface area contributed by atoms with Gasteiger partial charge in [-0.05, 0) is 13.0 Å². The van der Waals surface area contributed by atoms with E-state index in [4.69, 9.17) is 11.6 Å². The number of benzene rings is 1. The number of pyridine rings is 1. The van der Waals surface area contributed by atoms with Gasteiger partial charge in [-0.1, -0.05) is 28.9 Å². The van der Waals surface area contributed by atoms with E-state index in [1.807, 2.05) is 24.9 Å². The standard InChI is InChI=1S/C19H19ClFN7O/c1-11-19-15(27(2)10-17(29)24-19)6-16(23-11)22-7-13-9-28(26-25-13)8-12-4-3-5-14(20)18(12)21/h3-6,9H,7-8,10H2,1-2H3,(H,22,23)(H,24,29). The molecule has 150 valence electrons. The third-order valence-corrected chi connectivity index (χ3v) is 4.93. The van der Waals surface area contributed by atoms with Crippen molar-refractivity contribution in [2.45, 2.75) is 20.0 Å². The summed E-state index contributed by atoms with van der Waals surface area (Å²) in [5.41, 5.74) is 3.48. The highest BCUT2D eigenvalue weighted by Crippen LogP contribution is 2.32. The summed E-state index contributed by atoms with van der Waals surface area (Å²) in [5.74, 6) is 0.160. The van der Waals surface area contributed by atoms with Crippen LogP contribution in [0.15, 0.2) is 30.5 Å². The van der Waals surface area contributed by atoms with Gasteiger partial charge in [-0.2, -0.15) is 0 Å². The molecule has 2 aromatic heterocycles. The topological polar surface area (TPSA) is 88.0 Å². The van der Waals surface area contributed by atoms with Gasteiger partial charge in [-0.15, -0.1) is 5.10 Å². The molecule has 0 fully saturated rings. The minimum Gasteiger partial charge on any atom is -0.364 e. The zero-order valence-electron chi connectivity index (χ0n) is 15.9. The molecule has 0 saturated heterocycles. The number of anilines is 3. The van der Waals surface area contributed by atoms with E-state index in [0.29, 0.717) is 30.2 Å². The van der Waals surface area contributed by atoms with E-state index >= 15 is 0 Å². The van der Waals surface area contributed by atoms with Crippen LogP contribution in [0.1, 0.15) is 17.0 Å². The molecule has 3 heterocycles. The molecular formula is C19H19ClFN7O. The summed E-state index contributed by atoms with van der Waals surface area (Å²) in [7, 11) is 1.86. The van der Waals surface area contributed by atoms with Gasteiger partial charge in [0.1, 0.15) is 17.3 Å². The summed E-state index contributed by atoms with van der Waals surface area (Å²) in [6, 6.07) is 6.75. The average molecular weight is 416 g/mol. The van der Waals surface area contributed by atoms with Crippen LogP contribution in [0.5, 0.6) is 0 Å². The summed E-state index contributed by atoms with van der Waals surface area (Å²) in [5, 5.41) is 14.3. The third-order valence-electron chi connectivity index (χ3n) is 4.64. The normalized spacial score (nSPS) is 13.2. The van der Waals surface area contributed by atoms with Crippen LogP contribution in [0.25, 0.3) is 0 Å². The van der Waals surface area contributed by atoms with E-state index in [0.717, 1.165) is 17.1 Å². The van der Waals surface area contributed by atoms with Crippen molar-refractivity contribution in [2.75, 3.05) is 29.1 Å². The van der Waals surface area contributed by atoms with Crippen molar-refractivity contribution >= 4 is 34.7 Å². The first-order valence-corrected chi connectivity index (χ1v) is 9.37. The zero-order chi connectivity index (χ0) is 20.5. The van der Waals surface area contributed by atoms with Crippen LogP contribution in [0.4, 0.5) is 21.6 Å². The molecule has 8 nitrogen and oxygen atoms in total. The molecule has 29 heavy (non-hydrogen) atoms. The van der Waals surface area contributed by atoms with Crippen molar-refractivity contribution in [3.63, 3.8) is 0 Å². The average Bonchev–Trinajstić information content (AvgIpc) is 3.12. The van der Waals surface area contributed by atoms with E-state index in [2.05, 4.69) is 25.9 Å². The van der Waals surface area contributed by atoms with Crippen LogP contribution in [-0.4, -0.2) is 39.5 Å². The molecule has 1 aliphatic heterocycles. The molecule has 0 aliphatic carbocycles. The van der Waals surface area contributed by atoms with Gasteiger partial charge in [0.2, 0.25) is 5.91 Å². The van der Waals surface area contributed by atoms with Gasteiger partial charge in [0.05, 0.1) is 47.9 Å².